The van der Waals surface area contributed by atoms with Crippen molar-refractivity contribution < 1.29 is 9.53 Å². The molecular formula is C9H17NO2. The summed E-state index contributed by atoms with van der Waals surface area (Å²) in [5.74, 6) is 0.503. The number of hydrogen-bond donors (Lipinski definition) is 1. The van der Waals surface area contributed by atoms with E-state index >= 15 is 0 Å². The molecule has 0 aromatic carbocycles. The number of carbonyl (C=O) groups excluding carboxylic acids is 1. The van der Waals surface area contributed by atoms with Crippen LogP contribution in [0.4, 0.5) is 0 Å². The highest BCUT2D eigenvalue weighted by atomic mass is 16.5. The molecule has 0 aromatic rings. The summed E-state index contributed by atoms with van der Waals surface area (Å²) in [6.45, 7) is 0.561. The number of carbonyl (C=O) groups is 1. The smallest absolute Gasteiger partial charge is 0.319 e. The van der Waals surface area contributed by atoms with E-state index in [1.54, 1.807) is 0 Å². The van der Waals surface area contributed by atoms with Crippen LogP contribution in [0.3, 0.4) is 0 Å². The lowest BCUT2D eigenvalue weighted by molar-refractivity contribution is -0.142. The molecule has 0 radical (unpaired) electrons. The van der Waals surface area contributed by atoms with Crippen LogP contribution in [0, 0.1) is 5.92 Å². The molecule has 0 atom stereocenters. The minimum absolute atomic E-state index is 0.00463. The Morgan fingerprint density at radius 3 is 2.67 bits per heavy atom. The Labute approximate surface area is 73.3 Å². The molecule has 2 N–H and O–H groups in total. The van der Waals surface area contributed by atoms with Crippen LogP contribution in [0.1, 0.15) is 32.1 Å². The van der Waals surface area contributed by atoms with Crippen LogP contribution in [0.5, 0.6) is 0 Å². The van der Waals surface area contributed by atoms with Crippen LogP contribution in [0.25, 0.3) is 0 Å². The topological polar surface area (TPSA) is 52.3 Å². The fraction of sp³-hybridized carbons (Fsp3) is 0.889. The average Bonchev–Trinajstić information content (AvgIpc) is 2.57. The average molecular weight is 171 g/mol. The Kier molecular flexibility index (Phi) is 4.08. The zero-order valence-corrected chi connectivity index (χ0v) is 7.42. The second kappa shape index (κ2) is 5.14. The van der Waals surface area contributed by atoms with Gasteiger partial charge in [0.25, 0.3) is 0 Å². The van der Waals surface area contributed by atoms with E-state index in [1.165, 1.54) is 25.7 Å². The molecule has 0 amide bonds. The maximum Gasteiger partial charge on any atom is 0.319 e. The van der Waals surface area contributed by atoms with Gasteiger partial charge in [0.1, 0.15) is 0 Å². The van der Waals surface area contributed by atoms with Gasteiger partial charge in [-0.05, 0) is 12.3 Å². The van der Waals surface area contributed by atoms with Gasteiger partial charge >= 0.3 is 5.97 Å². The van der Waals surface area contributed by atoms with Gasteiger partial charge in [-0.15, -0.1) is 0 Å². The molecule has 0 saturated heterocycles. The lowest BCUT2D eigenvalue weighted by Crippen LogP contribution is -2.18. The third-order valence-electron chi connectivity index (χ3n) is 2.43. The molecule has 3 nitrogen and oxygen atoms in total. The maximum absolute atomic E-state index is 10.6. The van der Waals surface area contributed by atoms with Gasteiger partial charge in [0, 0.05) is 0 Å². The van der Waals surface area contributed by atoms with Crippen LogP contribution >= 0.6 is 0 Å². The zero-order valence-electron chi connectivity index (χ0n) is 7.42. The summed E-state index contributed by atoms with van der Waals surface area (Å²) in [6.07, 6.45) is 6.32. The van der Waals surface area contributed by atoms with E-state index in [0.717, 1.165) is 12.3 Å². The van der Waals surface area contributed by atoms with E-state index in [4.69, 9.17) is 10.5 Å². The molecule has 1 fully saturated rings. The predicted molar refractivity (Wildman–Crippen MR) is 46.6 cm³/mol. The van der Waals surface area contributed by atoms with Gasteiger partial charge < -0.3 is 10.5 Å². The number of ether oxygens (including phenoxy) is 1. The molecule has 12 heavy (non-hydrogen) atoms. The number of esters is 1. The summed E-state index contributed by atoms with van der Waals surface area (Å²) in [6, 6.07) is 0. The first-order chi connectivity index (χ1) is 5.83. The quantitative estimate of drug-likeness (QED) is 0.644. The molecular weight excluding hydrogens is 154 g/mol. The van der Waals surface area contributed by atoms with Crippen molar-refractivity contribution in [2.75, 3.05) is 13.2 Å². The third-order valence-corrected chi connectivity index (χ3v) is 2.43. The van der Waals surface area contributed by atoms with Crippen LogP contribution < -0.4 is 5.73 Å². The molecule has 0 aliphatic heterocycles. The standard InChI is InChI=1S/C9H17NO2/c10-7-9(11)12-6-5-8-3-1-2-4-8/h8H,1-7,10H2. The van der Waals surface area contributed by atoms with Crippen molar-refractivity contribution in [1.29, 1.82) is 0 Å². The lowest BCUT2D eigenvalue weighted by atomic mass is 10.1. The molecule has 0 unspecified atom stereocenters. The van der Waals surface area contributed by atoms with Gasteiger partial charge in [0.05, 0.1) is 13.2 Å². The minimum atomic E-state index is -0.284. The second-order valence-electron chi connectivity index (χ2n) is 3.36. The van der Waals surface area contributed by atoms with Crippen LogP contribution in [-0.2, 0) is 9.53 Å². The van der Waals surface area contributed by atoms with Crippen molar-refractivity contribution in [3.05, 3.63) is 0 Å². The Hall–Kier alpha value is -0.570. The summed E-state index contributed by atoms with van der Waals surface area (Å²) in [5, 5.41) is 0. The minimum Gasteiger partial charge on any atom is -0.465 e. The molecule has 0 heterocycles. The van der Waals surface area contributed by atoms with Gasteiger partial charge in [-0.2, -0.15) is 0 Å². The summed E-state index contributed by atoms with van der Waals surface area (Å²) in [4.78, 5) is 10.6. The Morgan fingerprint density at radius 2 is 2.08 bits per heavy atom. The Balaban J connectivity index is 1.97. The highest BCUT2D eigenvalue weighted by Crippen LogP contribution is 2.27. The van der Waals surface area contributed by atoms with Gasteiger partial charge in [-0.1, -0.05) is 25.7 Å². The lowest BCUT2D eigenvalue weighted by Gasteiger charge is -2.08. The SMILES string of the molecule is NCC(=O)OCCC1CCCC1. The molecule has 3 heteroatoms. The van der Waals surface area contributed by atoms with Crippen molar-refractivity contribution in [2.24, 2.45) is 11.7 Å². The largest absolute Gasteiger partial charge is 0.465 e. The number of hydrogen-bond acceptors (Lipinski definition) is 3. The first kappa shape index (κ1) is 9.52. The summed E-state index contributed by atoms with van der Waals surface area (Å²) in [5.41, 5.74) is 5.09. The summed E-state index contributed by atoms with van der Waals surface area (Å²) >= 11 is 0. The fourth-order valence-corrected chi connectivity index (χ4v) is 1.70. The van der Waals surface area contributed by atoms with E-state index in [1.807, 2.05) is 0 Å². The summed E-state index contributed by atoms with van der Waals surface area (Å²) in [7, 11) is 0. The van der Waals surface area contributed by atoms with E-state index < -0.39 is 0 Å². The van der Waals surface area contributed by atoms with Crippen LogP contribution in [0.2, 0.25) is 0 Å². The van der Waals surface area contributed by atoms with Crippen LogP contribution in [-0.4, -0.2) is 19.1 Å². The Morgan fingerprint density at radius 1 is 1.42 bits per heavy atom. The predicted octanol–water partition coefficient (Wildman–Crippen LogP) is 1.07. The number of rotatable bonds is 4. The normalized spacial score (nSPS) is 18.1. The highest BCUT2D eigenvalue weighted by Gasteiger charge is 2.14. The Bertz CT molecular complexity index is 141. The van der Waals surface area contributed by atoms with Crippen molar-refractivity contribution >= 4 is 5.97 Å². The fourth-order valence-electron chi connectivity index (χ4n) is 1.70. The first-order valence-corrected chi connectivity index (χ1v) is 4.68. The van der Waals surface area contributed by atoms with Gasteiger partial charge in [-0.3, -0.25) is 4.79 Å². The molecule has 0 spiro atoms. The molecule has 0 aromatic heterocycles. The van der Waals surface area contributed by atoms with E-state index in [0.29, 0.717) is 6.61 Å². The van der Waals surface area contributed by atoms with Crippen LogP contribution in [0.15, 0.2) is 0 Å². The molecule has 70 valence electrons. The van der Waals surface area contributed by atoms with E-state index in [-0.39, 0.29) is 12.5 Å². The summed E-state index contributed by atoms with van der Waals surface area (Å²) < 4.78 is 4.89. The number of nitrogens with two attached hydrogens (primary N) is 1. The van der Waals surface area contributed by atoms with Gasteiger partial charge in [-0.25, -0.2) is 0 Å². The van der Waals surface area contributed by atoms with Gasteiger partial charge in [0.15, 0.2) is 0 Å². The zero-order chi connectivity index (χ0) is 8.81. The molecule has 1 rings (SSSR count). The van der Waals surface area contributed by atoms with Gasteiger partial charge in [0.2, 0.25) is 0 Å². The van der Waals surface area contributed by atoms with E-state index in [9.17, 15) is 4.79 Å². The second-order valence-corrected chi connectivity index (χ2v) is 3.36. The third kappa shape index (κ3) is 3.22. The van der Waals surface area contributed by atoms with Crippen molar-refractivity contribution in [3.63, 3.8) is 0 Å². The molecule has 0 bridgehead atoms. The molecule has 1 aliphatic carbocycles. The first-order valence-electron chi connectivity index (χ1n) is 4.68. The van der Waals surface area contributed by atoms with Crippen molar-refractivity contribution in [3.8, 4) is 0 Å². The van der Waals surface area contributed by atoms with Crippen molar-refractivity contribution in [2.45, 2.75) is 32.1 Å². The van der Waals surface area contributed by atoms with Crippen molar-refractivity contribution in [1.82, 2.24) is 0 Å². The monoisotopic (exact) mass is 171 g/mol. The van der Waals surface area contributed by atoms with E-state index in [2.05, 4.69) is 0 Å². The molecule has 1 saturated carbocycles. The maximum atomic E-state index is 10.6. The molecule has 1 aliphatic rings. The highest BCUT2D eigenvalue weighted by molar-refractivity contribution is 5.71.